The lowest BCUT2D eigenvalue weighted by Crippen LogP contribution is -2.04. The fraction of sp³-hybridized carbons (Fsp3) is 0.182. The average Bonchev–Trinajstić information content (AvgIpc) is 2.69. The number of nitrogen functional groups attached to an aromatic ring is 1. The van der Waals surface area contributed by atoms with Crippen molar-refractivity contribution in [1.82, 2.24) is 10.2 Å². The molecule has 7 heteroatoms. The minimum Gasteiger partial charge on any atom is -0.384 e. The van der Waals surface area contributed by atoms with E-state index in [-0.39, 0.29) is 0 Å². The lowest BCUT2D eigenvalue weighted by Gasteiger charge is -2.07. The van der Waals surface area contributed by atoms with E-state index in [2.05, 4.69) is 10.2 Å². The first-order valence-corrected chi connectivity index (χ1v) is 6.21. The predicted molar refractivity (Wildman–Crippen MR) is 65.2 cm³/mol. The van der Waals surface area contributed by atoms with Crippen molar-refractivity contribution >= 4 is 17.6 Å². The second-order valence-electron chi connectivity index (χ2n) is 3.60. The Morgan fingerprint density at radius 1 is 1.22 bits per heavy atom. The summed E-state index contributed by atoms with van der Waals surface area (Å²) in [6, 6.07) is 4.85. The zero-order chi connectivity index (χ0) is 13.3. The van der Waals surface area contributed by atoms with Crippen LogP contribution in [0.15, 0.2) is 29.3 Å². The molecule has 0 bridgehead atoms. The number of hydrogen-bond acceptors (Lipinski definition) is 3. The van der Waals surface area contributed by atoms with Gasteiger partial charge in [0.25, 0.3) is 0 Å². The van der Waals surface area contributed by atoms with Crippen LogP contribution in [0.5, 0.6) is 0 Å². The molecule has 96 valence electrons. The summed E-state index contributed by atoms with van der Waals surface area (Å²) in [6.07, 6.45) is -2.51. The number of nitrogens with zero attached hydrogens (tertiary/aromatic N) is 1. The predicted octanol–water partition coefficient (Wildman–Crippen LogP) is 3.40. The zero-order valence-electron chi connectivity index (χ0n) is 9.38. The van der Waals surface area contributed by atoms with Crippen LogP contribution in [0.4, 0.5) is 19.0 Å². The van der Waals surface area contributed by atoms with Crippen molar-refractivity contribution in [3.05, 3.63) is 29.8 Å². The summed E-state index contributed by atoms with van der Waals surface area (Å²) in [7, 11) is 0. The number of alkyl halides is 3. The summed E-state index contributed by atoms with van der Waals surface area (Å²) in [5, 5.41) is 7.25. The van der Waals surface area contributed by atoms with Crippen LogP contribution in [0.3, 0.4) is 0 Å². The molecular weight excluding hydrogens is 263 g/mol. The largest absolute Gasteiger partial charge is 0.416 e. The molecule has 0 unspecified atom stereocenters. The third-order valence-electron chi connectivity index (χ3n) is 2.46. The SMILES string of the molecule is CSc1n[nH]c(N)c1-c1ccc(C(F)(F)F)cc1. The Kier molecular flexibility index (Phi) is 3.25. The van der Waals surface area contributed by atoms with Crippen molar-refractivity contribution < 1.29 is 13.2 Å². The Morgan fingerprint density at radius 2 is 1.83 bits per heavy atom. The van der Waals surface area contributed by atoms with Crippen molar-refractivity contribution in [2.45, 2.75) is 11.2 Å². The van der Waals surface area contributed by atoms with Crippen LogP contribution < -0.4 is 5.73 Å². The van der Waals surface area contributed by atoms with Crippen molar-refractivity contribution in [3.8, 4) is 11.1 Å². The maximum absolute atomic E-state index is 12.4. The maximum Gasteiger partial charge on any atom is 0.416 e. The molecule has 1 aromatic heterocycles. The van der Waals surface area contributed by atoms with Crippen molar-refractivity contribution in [2.75, 3.05) is 12.0 Å². The molecule has 0 aliphatic heterocycles. The van der Waals surface area contributed by atoms with Gasteiger partial charge in [-0.05, 0) is 24.0 Å². The van der Waals surface area contributed by atoms with Crippen LogP contribution in [0.1, 0.15) is 5.56 Å². The Hall–Kier alpha value is -1.63. The Labute approximate surface area is 106 Å². The number of aromatic amines is 1. The van der Waals surface area contributed by atoms with Crippen LogP contribution in [0, 0.1) is 0 Å². The molecule has 1 heterocycles. The normalized spacial score (nSPS) is 11.8. The Balaban J connectivity index is 2.43. The molecule has 0 saturated carbocycles. The van der Waals surface area contributed by atoms with Gasteiger partial charge in [-0.2, -0.15) is 18.3 Å². The van der Waals surface area contributed by atoms with Crippen molar-refractivity contribution in [2.24, 2.45) is 0 Å². The van der Waals surface area contributed by atoms with Crippen LogP contribution in [0.2, 0.25) is 0 Å². The molecule has 2 aromatic rings. The zero-order valence-corrected chi connectivity index (χ0v) is 10.2. The number of rotatable bonds is 2. The van der Waals surface area contributed by atoms with Gasteiger partial charge in [0.1, 0.15) is 10.8 Å². The van der Waals surface area contributed by atoms with E-state index >= 15 is 0 Å². The summed E-state index contributed by atoms with van der Waals surface area (Å²) in [5.74, 6) is 0.346. The number of nitrogens with two attached hydrogens (primary N) is 1. The second-order valence-corrected chi connectivity index (χ2v) is 4.39. The number of thioether (sulfide) groups is 1. The molecule has 0 aliphatic carbocycles. The maximum atomic E-state index is 12.4. The minimum atomic E-state index is -4.33. The van der Waals surface area contributed by atoms with E-state index in [1.807, 2.05) is 6.26 Å². The highest BCUT2D eigenvalue weighted by atomic mass is 32.2. The van der Waals surface area contributed by atoms with E-state index in [4.69, 9.17) is 5.73 Å². The lowest BCUT2D eigenvalue weighted by molar-refractivity contribution is -0.137. The number of benzene rings is 1. The van der Waals surface area contributed by atoms with Gasteiger partial charge in [-0.1, -0.05) is 12.1 Å². The molecule has 0 radical (unpaired) electrons. The smallest absolute Gasteiger partial charge is 0.384 e. The molecular formula is C11H10F3N3S. The van der Waals surface area contributed by atoms with E-state index in [0.29, 0.717) is 22.0 Å². The number of H-pyrrole nitrogens is 1. The van der Waals surface area contributed by atoms with Crippen LogP contribution in [0.25, 0.3) is 11.1 Å². The number of hydrogen-bond donors (Lipinski definition) is 2. The van der Waals surface area contributed by atoms with E-state index in [1.165, 1.54) is 23.9 Å². The lowest BCUT2D eigenvalue weighted by atomic mass is 10.1. The first-order valence-electron chi connectivity index (χ1n) is 4.99. The highest BCUT2D eigenvalue weighted by Gasteiger charge is 2.30. The fourth-order valence-corrected chi connectivity index (χ4v) is 2.16. The minimum absolute atomic E-state index is 0.346. The number of nitrogens with one attached hydrogen (secondary N) is 1. The van der Waals surface area contributed by atoms with Gasteiger partial charge >= 0.3 is 6.18 Å². The van der Waals surface area contributed by atoms with Gasteiger partial charge < -0.3 is 5.73 Å². The standard InChI is InChI=1S/C11H10F3N3S/c1-18-10-8(9(15)16-17-10)6-2-4-7(5-3-6)11(12,13)14/h2-5H,1H3,(H3,15,16,17). The third kappa shape index (κ3) is 2.31. The molecule has 0 saturated heterocycles. The highest BCUT2D eigenvalue weighted by molar-refractivity contribution is 7.98. The Morgan fingerprint density at radius 3 is 2.33 bits per heavy atom. The van der Waals surface area contributed by atoms with Crippen LogP contribution >= 0.6 is 11.8 Å². The van der Waals surface area contributed by atoms with Gasteiger partial charge in [-0.3, -0.25) is 5.10 Å². The monoisotopic (exact) mass is 273 g/mol. The van der Waals surface area contributed by atoms with Gasteiger partial charge in [0.15, 0.2) is 0 Å². The molecule has 0 atom stereocenters. The Bertz CT molecular complexity index is 546. The number of anilines is 1. The highest BCUT2D eigenvalue weighted by Crippen LogP contribution is 2.35. The molecule has 3 N–H and O–H groups in total. The second kappa shape index (κ2) is 4.56. The molecule has 0 aliphatic rings. The summed E-state index contributed by atoms with van der Waals surface area (Å²) in [5.41, 5.74) is 6.28. The van der Waals surface area contributed by atoms with Gasteiger partial charge in [0.05, 0.1) is 11.1 Å². The summed E-state index contributed by atoms with van der Waals surface area (Å²) in [4.78, 5) is 0. The van der Waals surface area contributed by atoms with Gasteiger partial charge in [0.2, 0.25) is 0 Å². The molecule has 0 fully saturated rings. The van der Waals surface area contributed by atoms with Crippen LogP contribution in [-0.2, 0) is 6.18 Å². The molecule has 0 spiro atoms. The van der Waals surface area contributed by atoms with Crippen LogP contribution in [-0.4, -0.2) is 16.5 Å². The quantitative estimate of drug-likeness (QED) is 0.824. The summed E-state index contributed by atoms with van der Waals surface area (Å²) >= 11 is 1.38. The van der Waals surface area contributed by atoms with Gasteiger partial charge in [-0.25, -0.2) is 0 Å². The first kappa shape index (κ1) is 12.8. The molecule has 18 heavy (non-hydrogen) atoms. The molecule has 1 aromatic carbocycles. The number of halogens is 3. The topological polar surface area (TPSA) is 54.7 Å². The van der Waals surface area contributed by atoms with E-state index in [0.717, 1.165) is 12.1 Å². The van der Waals surface area contributed by atoms with E-state index < -0.39 is 11.7 Å². The van der Waals surface area contributed by atoms with Gasteiger partial charge in [0, 0.05) is 0 Å². The average molecular weight is 273 g/mol. The fourth-order valence-electron chi connectivity index (χ4n) is 1.59. The molecule has 3 nitrogen and oxygen atoms in total. The molecule has 2 rings (SSSR count). The summed E-state index contributed by atoms with van der Waals surface area (Å²) in [6.45, 7) is 0. The first-order chi connectivity index (χ1) is 8.43. The third-order valence-corrected chi connectivity index (χ3v) is 3.14. The van der Waals surface area contributed by atoms with Crippen molar-refractivity contribution in [3.63, 3.8) is 0 Å². The van der Waals surface area contributed by atoms with E-state index in [1.54, 1.807) is 0 Å². The summed E-state index contributed by atoms with van der Waals surface area (Å²) < 4.78 is 37.3. The van der Waals surface area contributed by atoms with Gasteiger partial charge in [-0.15, -0.1) is 11.8 Å². The van der Waals surface area contributed by atoms with Crippen molar-refractivity contribution in [1.29, 1.82) is 0 Å². The number of aromatic nitrogens is 2. The van der Waals surface area contributed by atoms with E-state index in [9.17, 15) is 13.2 Å². The molecule has 0 amide bonds.